The summed E-state index contributed by atoms with van der Waals surface area (Å²) < 4.78 is 0. The summed E-state index contributed by atoms with van der Waals surface area (Å²) in [5.74, 6) is 0.425. The molecule has 0 aliphatic heterocycles. The molecule has 1 aromatic carbocycles. The highest BCUT2D eigenvalue weighted by molar-refractivity contribution is 6.38. The van der Waals surface area contributed by atoms with E-state index < -0.39 is 0 Å². The number of nitrogens with zero attached hydrogens (tertiary/aromatic N) is 3. The van der Waals surface area contributed by atoms with Crippen molar-refractivity contribution in [2.75, 3.05) is 5.43 Å². The van der Waals surface area contributed by atoms with Crippen LogP contribution in [0.1, 0.15) is 11.3 Å². The van der Waals surface area contributed by atoms with Crippen molar-refractivity contribution in [3.05, 3.63) is 51.8 Å². The summed E-state index contributed by atoms with van der Waals surface area (Å²) in [6, 6.07) is 7.08. The van der Waals surface area contributed by atoms with E-state index in [-0.39, 0.29) is 0 Å². The predicted molar refractivity (Wildman–Crippen MR) is 74.4 cm³/mol. The number of anilines is 1. The van der Waals surface area contributed by atoms with E-state index in [1.54, 1.807) is 30.5 Å². The number of hydrazone groups is 1. The van der Waals surface area contributed by atoms with Crippen LogP contribution in [0, 0.1) is 6.92 Å². The fourth-order valence-electron chi connectivity index (χ4n) is 1.29. The summed E-state index contributed by atoms with van der Waals surface area (Å²) in [5.41, 5.74) is 4.23. The van der Waals surface area contributed by atoms with Crippen molar-refractivity contribution in [3.8, 4) is 0 Å². The molecule has 0 saturated heterocycles. The van der Waals surface area contributed by atoms with Crippen molar-refractivity contribution in [3.63, 3.8) is 0 Å². The van der Waals surface area contributed by atoms with Crippen LogP contribution in [0.2, 0.25) is 10.0 Å². The topological polar surface area (TPSA) is 50.2 Å². The van der Waals surface area contributed by atoms with E-state index in [0.717, 1.165) is 5.69 Å². The van der Waals surface area contributed by atoms with Gasteiger partial charge in [0.25, 0.3) is 0 Å². The van der Waals surface area contributed by atoms with Crippen molar-refractivity contribution in [1.82, 2.24) is 9.97 Å². The van der Waals surface area contributed by atoms with Gasteiger partial charge in [-0.05, 0) is 25.1 Å². The zero-order valence-electron chi connectivity index (χ0n) is 9.56. The second kappa shape index (κ2) is 5.80. The number of hydrogen-bond donors (Lipinski definition) is 1. The third kappa shape index (κ3) is 3.18. The summed E-state index contributed by atoms with van der Waals surface area (Å²) in [7, 11) is 0. The van der Waals surface area contributed by atoms with Gasteiger partial charge < -0.3 is 0 Å². The highest BCUT2D eigenvalue weighted by atomic mass is 35.5. The molecular formula is C12H10Cl2N4. The highest BCUT2D eigenvalue weighted by Gasteiger charge is 2.01. The van der Waals surface area contributed by atoms with Crippen LogP contribution in [0.3, 0.4) is 0 Å². The van der Waals surface area contributed by atoms with Crippen molar-refractivity contribution < 1.29 is 0 Å². The SMILES string of the molecule is Cc1ccnc(N/N=C/c2c(Cl)cccc2Cl)n1. The van der Waals surface area contributed by atoms with E-state index in [1.165, 1.54) is 6.21 Å². The molecule has 0 radical (unpaired) electrons. The summed E-state index contributed by atoms with van der Waals surface area (Å²) in [6.45, 7) is 1.88. The Morgan fingerprint density at radius 1 is 1.22 bits per heavy atom. The van der Waals surface area contributed by atoms with Crippen LogP contribution in [0.15, 0.2) is 35.6 Å². The third-order valence-electron chi connectivity index (χ3n) is 2.15. The first kappa shape index (κ1) is 12.8. The van der Waals surface area contributed by atoms with Crippen LogP contribution in [-0.2, 0) is 0 Å². The molecular weight excluding hydrogens is 271 g/mol. The Balaban J connectivity index is 2.12. The van der Waals surface area contributed by atoms with Gasteiger partial charge in [-0.2, -0.15) is 5.10 Å². The molecule has 1 aromatic heterocycles. The van der Waals surface area contributed by atoms with Gasteiger partial charge in [-0.3, -0.25) is 0 Å². The van der Waals surface area contributed by atoms with Crippen LogP contribution in [0.5, 0.6) is 0 Å². The van der Waals surface area contributed by atoms with Gasteiger partial charge in [0.1, 0.15) is 0 Å². The average Bonchev–Trinajstić information content (AvgIpc) is 2.33. The van der Waals surface area contributed by atoms with Gasteiger partial charge in [0.15, 0.2) is 0 Å². The second-order valence-electron chi connectivity index (χ2n) is 3.53. The maximum absolute atomic E-state index is 6.00. The number of hydrogen-bond acceptors (Lipinski definition) is 4. The zero-order chi connectivity index (χ0) is 13.0. The van der Waals surface area contributed by atoms with Gasteiger partial charge >= 0.3 is 0 Å². The first-order valence-corrected chi connectivity index (χ1v) is 5.95. The maximum Gasteiger partial charge on any atom is 0.243 e. The summed E-state index contributed by atoms with van der Waals surface area (Å²) in [6.07, 6.45) is 3.19. The molecule has 6 heteroatoms. The molecule has 2 aromatic rings. The molecule has 0 unspecified atom stereocenters. The Bertz CT molecular complexity index is 564. The third-order valence-corrected chi connectivity index (χ3v) is 2.81. The van der Waals surface area contributed by atoms with Crippen LogP contribution in [0.25, 0.3) is 0 Å². The smallest absolute Gasteiger partial charge is 0.243 e. The number of aromatic nitrogens is 2. The molecule has 0 aliphatic rings. The lowest BCUT2D eigenvalue weighted by atomic mass is 10.2. The monoisotopic (exact) mass is 280 g/mol. The zero-order valence-corrected chi connectivity index (χ0v) is 11.1. The minimum Gasteiger partial charge on any atom is -0.245 e. The van der Waals surface area contributed by atoms with Gasteiger partial charge in [-0.25, -0.2) is 15.4 Å². The molecule has 0 fully saturated rings. The molecule has 0 atom stereocenters. The number of nitrogens with one attached hydrogen (secondary N) is 1. The first-order valence-electron chi connectivity index (χ1n) is 5.19. The molecule has 0 aliphatic carbocycles. The lowest BCUT2D eigenvalue weighted by Gasteiger charge is -2.01. The Morgan fingerprint density at radius 3 is 2.61 bits per heavy atom. The Morgan fingerprint density at radius 2 is 1.94 bits per heavy atom. The number of rotatable bonds is 3. The van der Waals surface area contributed by atoms with E-state index >= 15 is 0 Å². The second-order valence-corrected chi connectivity index (χ2v) is 4.34. The molecule has 0 spiro atoms. The fourth-order valence-corrected chi connectivity index (χ4v) is 1.79. The molecule has 0 saturated carbocycles. The Kier molecular flexibility index (Phi) is 4.12. The first-order chi connectivity index (χ1) is 8.66. The average molecular weight is 281 g/mol. The quantitative estimate of drug-likeness (QED) is 0.691. The highest BCUT2D eigenvalue weighted by Crippen LogP contribution is 2.22. The summed E-state index contributed by atoms with van der Waals surface area (Å²) in [4.78, 5) is 8.16. The standard InChI is InChI=1S/C12H10Cl2N4/c1-8-5-6-15-12(17-8)18-16-7-9-10(13)3-2-4-11(9)14/h2-7H,1H3,(H,15,17,18)/b16-7+. The van der Waals surface area contributed by atoms with E-state index in [0.29, 0.717) is 21.6 Å². The molecule has 1 N–H and O–H groups in total. The van der Waals surface area contributed by atoms with E-state index in [9.17, 15) is 0 Å². The normalized spacial score (nSPS) is 10.8. The van der Waals surface area contributed by atoms with Crippen molar-refractivity contribution in [2.24, 2.45) is 5.10 Å². The van der Waals surface area contributed by atoms with Gasteiger partial charge in [-0.15, -0.1) is 0 Å². The fraction of sp³-hybridized carbons (Fsp3) is 0.0833. The van der Waals surface area contributed by atoms with Gasteiger partial charge in [0.05, 0.1) is 16.3 Å². The van der Waals surface area contributed by atoms with E-state index in [2.05, 4.69) is 20.5 Å². The number of halogens is 2. The molecule has 1 heterocycles. The lowest BCUT2D eigenvalue weighted by molar-refractivity contribution is 1.07. The molecule has 4 nitrogen and oxygen atoms in total. The summed E-state index contributed by atoms with van der Waals surface area (Å²) >= 11 is 12.0. The molecule has 0 amide bonds. The molecule has 92 valence electrons. The van der Waals surface area contributed by atoms with Crippen LogP contribution < -0.4 is 5.43 Å². The number of benzene rings is 1. The summed E-state index contributed by atoms with van der Waals surface area (Å²) in [5, 5.41) is 5.09. The van der Waals surface area contributed by atoms with Crippen LogP contribution >= 0.6 is 23.2 Å². The predicted octanol–water partition coefficient (Wildman–Crippen LogP) is 3.54. The van der Waals surface area contributed by atoms with Gasteiger partial charge in [0.2, 0.25) is 5.95 Å². The van der Waals surface area contributed by atoms with Crippen molar-refractivity contribution in [2.45, 2.75) is 6.92 Å². The minimum absolute atomic E-state index is 0.425. The molecule has 2 rings (SSSR count). The Hall–Kier alpha value is -1.65. The van der Waals surface area contributed by atoms with Gasteiger partial charge in [-0.1, -0.05) is 29.3 Å². The van der Waals surface area contributed by atoms with Crippen molar-refractivity contribution in [1.29, 1.82) is 0 Å². The maximum atomic E-state index is 6.00. The van der Waals surface area contributed by atoms with E-state index in [1.807, 2.05) is 6.92 Å². The number of aryl methyl sites for hydroxylation is 1. The van der Waals surface area contributed by atoms with Gasteiger partial charge in [0, 0.05) is 17.5 Å². The van der Waals surface area contributed by atoms with Crippen LogP contribution in [0.4, 0.5) is 5.95 Å². The minimum atomic E-state index is 0.425. The van der Waals surface area contributed by atoms with Crippen LogP contribution in [-0.4, -0.2) is 16.2 Å². The largest absolute Gasteiger partial charge is 0.245 e. The van der Waals surface area contributed by atoms with E-state index in [4.69, 9.17) is 23.2 Å². The lowest BCUT2D eigenvalue weighted by Crippen LogP contribution is -1.97. The van der Waals surface area contributed by atoms with Crippen molar-refractivity contribution >= 4 is 35.4 Å². The molecule has 0 bridgehead atoms. The Labute approximate surface area is 115 Å². The molecule has 18 heavy (non-hydrogen) atoms.